The van der Waals surface area contributed by atoms with Gasteiger partial charge in [-0.3, -0.25) is 11.5 Å². The van der Waals surface area contributed by atoms with Gasteiger partial charge in [-0.05, 0) is 101 Å². The topological polar surface area (TPSA) is 18.5 Å². The Labute approximate surface area is 274 Å². The van der Waals surface area contributed by atoms with Crippen LogP contribution >= 0.6 is 15.8 Å². The van der Waals surface area contributed by atoms with Gasteiger partial charge in [0.05, 0.1) is 14.2 Å². The summed E-state index contributed by atoms with van der Waals surface area (Å²) in [5, 5.41) is 4.62. The molecule has 1 aliphatic rings. The van der Waals surface area contributed by atoms with Crippen molar-refractivity contribution in [2.75, 3.05) is 14.2 Å². The number of ether oxygens (including phenoxy) is 2. The van der Waals surface area contributed by atoms with Crippen molar-refractivity contribution in [3.63, 3.8) is 0 Å². The predicted octanol–water partition coefficient (Wildman–Crippen LogP) is 8.98. The van der Waals surface area contributed by atoms with Crippen LogP contribution in [-0.2, 0) is 17.1 Å². The van der Waals surface area contributed by atoms with Crippen molar-refractivity contribution >= 4 is 31.8 Å². The Balaban J connectivity index is 0.000000973. The van der Waals surface area contributed by atoms with Gasteiger partial charge in [-0.2, -0.15) is 11.6 Å². The Morgan fingerprint density at radius 2 is 1.21 bits per heavy atom. The maximum Gasteiger partial charge on any atom is 2.00 e. The Bertz CT molecular complexity index is 1410. The van der Waals surface area contributed by atoms with E-state index in [0.717, 1.165) is 11.5 Å². The van der Waals surface area contributed by atoms with Crippen LogP contribution in [-0.4, -0.2) is 24.5 Å². The monoisotopic (exact) mass is 652 g/mol. The molecular formula is C38H46FeO2P2. The zero-order chi connectivity index (χ0) is 31.4. The van der Waals surface area contributed by atoms with E-state index in [0.29, 0.717) is 5.66 Å². The third kappa shape index (κ3) is 8.73. The van der Waals surface area contributed by atoms with E-state index >= 15 is 0 Å². The molecule has 1 aliphatic carbocycles. The molecule has 228 valence electrons. The maximum absolute atomic E-state index is 5.73. The molecule has 3 aromatic rings. The van der Waals surface area contributed by atoms with E-state index in [9.17, 15) is 0 Å². The summed E-state index contributed by atoms with van der Waals surface area (Å²) in [6.45, 7) is 25.6. The third-order valence-electron chi connectivity index (χ3n) is 7.37. The molecular weight excluding hydrogens is 606 g/mol. The summed E-state index contributed by atoms with van der Waals surface area (Å²) in [6, 6.07) is 17.6. The van der Waals surface area contributed by atoms with Gasteiger partial charge < -0.3 is 9.47 Å². The van der Waals surface area contributed by atoms with Crippen LogP contribution < -0.4 is 25.4 Å². The first-order valence-corrected chi connectivity index (χ1v) is 17.2. The quantitative estimate of drug-likeness (QED) is 0.110. The molecule has 43 heavy (non-hydrogen) atoms. The van der Waals surface area contributed by atoms with Crippen LogP contribution in [0.4, 0.5) is 0 Å². The summed E-state index contributed by atoms with van der Waals surface area (Å²) < 4.78 is 11.5. The van der Waals surface area contributed by atoms with Crippen molar-refractivity contribution in [2.24, 2.45) is 0 Å². The molecule has 0 aromatic heterocycles. The summed E-state index contributed by atoms with van der Waals surface area (Å²) in [5.74, 6) is 1.96. The van der Waals surface area contributed by atoms with Gasteiger partial charge >= 0.3 is 17.1 Å². The van der Waals surface area contributed by atoms with Crippen molar-refractivity contribution < 1.29 is 26.5 Å². The molecule has 0 saturated carbocycles. The fourth-order valence-electron chi connectivity index (χ4n) is 6.54. The maximum atomic E-state index is 5.73. The minimum atomic E-state index is -0.790. The van der Waals surface area contributed by atoms with Gasteiger partial charge in [-0.15, -0.1) is 17.5 Å². The van der Waals surface area contributed by atoms with Gasteiger partial charge in [0.1, 0.15) is 11.5 Å². The number of allylic oxidation sites excluding steroid dienone is 2. The second-order valence-electron chi connectivity index (χ2n) is 12.9. The van der Waals surface area contributed by atoms with E-state index in [1.807, 2.05) is 0 Å². The molecule has 2 nitrogen and oxygen atoms in total. The molecule has 0 heterocycles. The summed E-state index contributed by atoms with van der Waals surface area (Å²) in [6.07, 6.45) is 5.00. The summed E-state index contributed by atoms with van der Waals surface area (Å²) >= 11 is 0. The fraction of sp³-hybridized carbons (Fsp3) is 0.421. The van der Waals surface area contributed by atoms with Crippen LogP contribution in [0.15, 0.2) is 53.6 Å². The van der Waals surface area contributed by atoms with Gasteiger partial charge in [-0.25, -0.2) is 17.9 Å². The van der Waals surface area contributed by atoms with Crippen molar-refractivity contribution in [1.82, 2.24) is 0 Å². The molecule has 0 N–H and O–H groups in total. The molecule has 4 rings (SSSR count). The van der Waals surface area contributed by atoms with Crippen molar-refractivity contribution in [3.05, 3.63) is 99.6 Å². The number of hydrogen-bond donors (Lipinski definition) is 0. The minimum absolute atomic E-state index is 0. The molecule has 1 atom stereocenters. The molecule has 0 amide bonds. The third-order valence-corrected chi connectivity index (χ3v) is 13.7. The number of aryl methyl sites for hydroxylation is 4. The molecule has 0 aliphatic heterocycles. The predicted molar refractivity (Wildman–Crippen MR) is 183 cm³/mol. The van der Waals surface area contributed by atoms with Gasteiger partial charge in [0.2, 0.25) is 0 Å². The minimum Gasteiger partial charge on any atom is -0.496 e. The molecule has 0 unspecified atom stereocenters. The van der Waals surface area contributed by atoms with Crippen LogP contribution in [0.2, 0.25) is 0 Å². The Morgan fingerprint density at radius 3 is 1.51 bits per heavy atom. The Morgan fingerprint density at radius 1 is 0.767 bits per heavy atom. The smallest absolute Gasteiger partial charge is 0.496 e. The Hall–Kier alpha value is -2.15. The second-order valence-corrected chi connectivity index (χ2v) is 19.2. The number of methoxy groups -OCH3 is 2. The first-order valence-electron chi connectivity index (χ1n) is 14.4. The molecule has 0 bridgehead atoms. The zero-order valence-electron chi connectivity index (χ0n) is 28.1. The normalized spacial score (nSPS) is 12.8. The van der Waals surface area contributed by atoms with Crippen molar-refractivity contribution in [1.29, 1.82) is 0 Å². The van der Waals surface area contributed by atoms with Gasteiger partial charge in [0.15, 0.2) is 0 Å². The van der Waals surface area contributed by atoms with E-state index in [2.05, 4.69) is 148 Å². The zero-order valence-corrected chi connectivity index (χ0v) is 31.0. The molecule has 0 saturated heterocycles. The van der Waals surface area contributed by atoms with Crippen molar-refractivity contribution in [3.8, 4) is 11.5 Å². The fourth-order valence-corrected chi connectivity index (χ4v) is 14.3. The van der Waals surface area contributed by atoms with Crippen LogP contribution in [0.3, 0.4) is 0 Å². The summed E-state index contributed by atoms with van der Waals surface area (Å²) in [7, 11) is 2.41. The summed E-state index contributed by atoms with van der Waals surface area (Å²) in [4.78, 5) is 0. The Kier molecular flexibility index (Phi) is 13.1. The SMILES string of the molecule is COc1c(C)cc(P(c2cc(C)c(OC)c(C)c2)[c-]2cc[c]c2[C@@H](C)P(C(C)(C)C)C(C)(C)C)cc1C.[C]1=C=C=C=[C-]1.[Fe+2]. The van der Waals surface area contributed by atoms with E-state index in [-0.39, 0.29) is 35.3 Å². The van der Waals surface area contributed by atoms with E-state index in [4.69, 9.17) is 9.47 Å². The second kappa shape index (κ2) is 15.2. The van der Waals surface area contributed by atoms with Gasteiger partial charge in [-0.1, -0.05) is 64.3 Å². The number of rotatable bonds is 7. The van der Waals surface area contributed by atoms with Gasteiger partial charge in [0, 0.05) is 0 Å². The standard InChI is InChI=1S/C33H46O2P2.C5.Fe/c1-21-17-26(18-22(2)30(21)34-12)36(27-19-23(3)31(35-13)24(4)20-27)29-16-14-15-28(29)25(5)37(32(6,7)8)33(9,10)11;1-2-4-5-3-1;/h14,16-20,25H,1-13H3;;/q2*-1;+2/t25-;;/m1../s1. The van der Waals surface area contributed by atoms with Crippen molar-refractivity contribution in [2.45, 2.75) is 92.1 Å². The molecule has 0 spiro atoms. The first-order chi connectivity index (χ1) is 19.6. The largest absolute Gasteiger partial charge is 2.00 e. The number of benzene rings is 2. The van der Waals surface area contributed by atoms with Crippen LogP contribution in [0.25, 0.3) is 0 Å². The average Bonchev–Trinajstić information content (AvgIpc) is 3.58. The average molecular weight is 653 g/mol. The first kappa shape index (κ1) is 37.0. The molecule has 0 fully saturated rings. The molecule has 5 heteroatoms. The van der Waals surface area contributed by atoms with E-state index < -0.39 is 7.92 Å². The van der Waals surface area contributed by atoms with E-state index in [1.165, 1.54) is 43.7 Å². The molecule has 2 radical (unpaired) electrons. The summed E-state index contributed by atoms with van der Waals surface area (Å²) in [5.41, 5.74) is 14.1. The van der Waals surface area contributed by atoms with E-state index in [1.54, 1.807) is 14.2 Å². The van der Waals surface area contributed by atoms with Gasteiger partial charge in [0.25, 0.3) is 0 Å². The molecule has 3 aromatic carbocycles. The number of hydrogen-bond acceptors (Lipinski definition) is 2. The van der Waals surface area contributed by atoms with Crippen LogP contribution in [0.5, 0.6) is 11.5 Å². The van der Waals surface area contributed by atoms with Crippen LogP contribution in [0.1, 0.15) is 81.9 Å². The van der Waals surface area contributed by atoms with Crippen LogP contribution in [0, 0.1) is 45.9 Å².